The molecule has 0 aliphatic rings. The first-order chi connectivity index (χ1) is 11.1. The van der Waals surface area contributed by atoms with E-state index in [1.54, 1.807) is 25.4 Å². The number of imidazole rings is 1. The zero-order chi connectivity index (χ0) is 16.2. The molecule has 1 amide bonds. The maximum absolute atomic E-state index is 12.0. The van der Waals surface area contributed by atoms with Crippen LogP contribution in [0.25, 0.3) is 11.0 Å². The Morgan fingerprint density at radius 2 is 2.09 bits per heavy atom. The van der Waals surface area contributed by atoms with Crippen molar-refractivity contribution in [3.63, 3.8) is 0 Å². The van der Waals surface area contributed by atoms with E-state index in [0.717, 1.165) is 16.6 Å². The third-order valence-electron chi connectivity index (χ3n) is 3.57. The standard InChI is InChI=1S/C17H18N4O2/c1-11(22)17-20-14-4-3-13(10-15(14)21-17)19-16(23)5-2-12-6-8-18-9-7-12/h3-4,6-11,22H,2,5H2,1H3,(H,19,23)(H,20,21). The van der Waals surface area contributed by atoms with Gasteiger partial charge in [0, 0.05) is 24.5 Å². The quantitative estimate of drug-likeness (QED) is 0.675. The Balaban J connectivity index is 1.65. The molecule has 0 radical (unpaired) electrons. The number of aromatic nitrogens is 3. The van der Waals surface area contributed by atoms with Crippen molar-refractivity contribution < 1.29 is 9.90 Å². The number of aryl methyl sites for hydroxylation is 1. The molecule has 1 aromatic carbocycles. The van der Waals surface area contributed by atoms with Gasteiger partial charge >= 0.3 is 0 Å². The number of hydrogen-bond acceptors (Lipinski definition) is 4. The van der Waals surface area contributed by atoms with Crippen molar-refractivity contribution in [2.24, 2.45) is 0 Å². The van der Waals surface area contributed by atoms with Crippen LogP contribution in [0, 0.1) is 0 Å². The topological polar surface area (TPSA) is 90.9 Å². The van der Waals surface area contributed by atoms with E-state index in [2.05, 4.69) is 20.3 Å². The van der Waals surface area contributed by atoms with Gasteiger partial charge in [-0.3, -0.25) is 9.78 Å². The van der Waals surface area contributed by atoms with E-state index in [9.17, 15) is 9.90 Å². The SMILES string of the molecule is CC(O)c1nc2ccc(NC(=O)CCc3ccncc3)cc2[nH]1. The largest absolute Gasteiger partial charge is 0.385 e. The van der Waals surface area contributed by atoms with Crippen molar-refractivity contribution in [3.8, 4) is 0 Å². The molecule has 0 aliphatic carbocycles. The maximum atomic E-state index is 12.0. The number of pyridine rings is 1. The lowest BCUT2D eigenvalue weighted by molar-refractivity contribution is -0.116. The van der Waals surface area contributed by atoms with Crippen LogP contribution in [0.5, 0.6) is 0 Å². The van der Waals surface area contributed by atoms with Gasteiger partial charge in [0.25, 0.3) is 0 Å². The number of nitrogens with zero attached hydrogens (tertiary/aromatic N) is 2. The summed E-state index contributed by atoms with van der Waals surface area (Å²) in [4.78, 5) is 23.3. The first-order valence-corrected chi connectivity index (χ1v) is 7.48. The summed E-state index contributed by atoms with van der Waals surface area (Å²) in [5.41, 5.74) is 3.34. The van der Waals surface area contributed by atoms with Gasteiger partial charge in [0.1, 0.15) is 11.9 Å². The van der Waals surface area contributed by atoms with Gasteiger partial charge in [-0.15, -0.1) is 0 Å². The molecule has 0 saturated carbocycles. The summed E-state index contributed by atoms with van der Waals surface area (Å²) in [5.74, 6) is 0.470. The molecule has 0 spiro atoms. The molecule has 2 aromatic heterocycles. The number of fused-ring (bicyclic) bond motifs is 1. The van der Waals surface area contributed by atoms with Gasteiger partial charge in [0.15, 0.2) is 0 Å². The van der Waals surface area contributed by atoms with Gasteiger partial charge in [-0.1, -0.05) is 0 Å². The number of carbonyl (C=O) groups is 1. The predicted molar refractivity (Wildman–Crippen MR) is 87.9 cm³/mol. The number of aliphatic hydroxyl groups is 1. The molecule has 1 atom stereocenters. The van der Waals surface area contributed by atoms with Crippen LogP contribution >= 0.6 is 0 Å². The average Bonchev–Trinajstić information content (AvgIpc) is 2.97. The molecule has 2 heterocycles. The van der Waals surface area contributed by atoms with E-state index in [-0.39, 0.29) is 5.91 Å². The molecule has 3 aromatic rings. The number of aliphatic hydroxyl groups excluding tert-OH is 1. The van der Waals surface area contributed by atoms with Crippen LogP contribution in [0.4, 0.5) is 5.69 Å². The van der Waals surface area contributed by atoms with Crippen LogP contribution in [-0.2, 0) is 11.2 Å². The van der Waals surface area contributed by atoms with E-state index < -0.39 is 6.10 Å². The van der Waals surface area contributed by atoms with Crippen molar-refractivity contribution in [1.29, 1.82) is 0 Å². The number of aromatic amines is 1. The first-order valence-electron chi connectivity index (χ1n) is 7.48. The van der Waals surface area contributed by atoms with Gasteiger partial charge in [-0.2, -0.15) is 0 Å². The first kappa shape index (κ1) is 15.2. The Labute approximate surface area is 133 Å². The molecule has 0 bridgehead atoms. The molecule has 118 valence electrons. The van der Waals surface area contributed by atoms with E-state index in [1.807, 2.05) is 24.3 Å². The summed E-state index contributed by atoms with van der Waals surface area (Å²) in [6, 6.07) is 9.25. The number of benzene rings is 1. The Hall–Kier alpha value is -2.73. The fourth-order valence-electron chi connectivity index (χ4n) is 2.34. The number of rotatable bonds is 5. The normalized spacial score (nSPS) is 12.3. The monoisotopic (exact) mass is 310 g/mol. The summed E-state index contributed by atoms with van der Waals surface area (Å²) >= 11 is 0. The molecule has 6 heteroatoms. The van der Waals surface area contributed by atoms with Crippen molar-refractivity contribution in [1.82, 2.24) is 15.0 Å². The van der Waals surface area contributed by atoms with Gasteiger partial charge in [0.2, 0.25) is 5.91 Å². The van der Waals surface area contributed by atoms with E-state index in [1.165, 1.54) is 0 Å². The van der Waals surface area contributed by atoms with Gasteiger partial charge in [-0.05, 0) is 49.2 Å². The summed E-state index contributed by atoms with van der Waals surface area (Å²) in [6.07, 6.45) is 3.87. The fraction of sp³-hybridized carbons (Fsp3) is 0.235. The van der Waals surface area contributed by atoms with Crippen LogP contribution < -0.4 is 5.32 Å². The van der Waals surface area contributed by atoms with Crippen LogP contribution in [0.15, 0.2) is 42.7 Å². The highest BCUT2D eigenvalue weighted by molar-refractivity contribution is 5.93. The molecule has 3 rings (SSSR count). The predicted octanol–water partition coefficient (Wildman–Crippen LogP) is 2.58. The Morgan fingerprint density at radius 3 is 2.83 bits per heavy atom. The van der Waals surface area contributed by atoms with Crippen molar-refractivity contribution in [2.75, 3.05) is 5.32 Å². The zero-order valence-corrected chi connectivity index (χ0v) is 12.8. The highest BCUT2D eigenvalue weighted by Gasteiger charge is 2.09. The van der Waals surface area contributed by atoms with Crippen LogP contribution in [-0.4, -0.2) is 26.0 Å². The highest BCUT2D eigenvalue weighted by atomic mass is 16.3. The van der Waals surface area contributed by atoms with Gasteiger partial charge < -0.3 is 15.4 Å². The third kappa shape index (κ3) is 3.73. The van der Waals surface area contributed by atoms with Gasteiger partial charge in [-0.25, -0.2) is 4.98 Å². The lowest BCUT2D eigenvalue weighted by atomic mass is 10.1. The minimum absolute atomic E-state index is 0.0450. The number of anilines is 1. The fourth-order valence-corrected chi connectivity index (χ4v) is 2.34. The van der Waals surface area contributed by atoms with Crippen LogP contribution in [0.2, 0.25) is 0 Å². The third-order valence-corrected chi connectivity index (χ3v) is 3.57. The van der Waals surface area contributed by atoms with Gasteiger partial charge in [0.05, 0.1) is 11.0 Å². The van der Waals surface area contributed by atoms with Crippen molar-refractivity contribution in [3.05, 3.63) is 54.1 Å². The van der Waals surface area contributed by atoms with Crippen LogP contribution in [0.1, 0.15) is 30.8 Å². The van der Waals surface area contributed by atoms with E-state index >= 15 is 0 Å². The maximum Gasteiger partial charge on any atom is 0.224 e. The summed E-state index contributed by atoms with van der Waals surface area (Å²) in [5, 5.41) is 12.4. The second-order valence-corrected chi connectivity index (χ2v) is 5.43. The lowest BCUT2D eigenvalue weighted by Crippen LogP contribution is -2.12. The number of nitrogens with one attached hydrogen (secondary N) is 2. The summed E-state index contributed by atoms with van der Waals surface area (Å²) in [7, 11) is 0. The summed E-state index contributed by atoms with van der Waals surface area (Å²) in [6.45, 7) is 1.65. The Kier molecular flexibility index (Phi) is 4.34. The number of carbonyl (C=O) groups excluding carboxylic acids is 1. The smallest absolute Gasteiger partial charge is 0.224 e. The van der Waals surface area contributed by atoms with E-state index in [4.69, 9.17) is 0 Å². The van der Waals surface area contributed by atoms with Crippen molar-refractivity contribution >= 4 is 22.6 Å². The second-order valence-electron chi connectivity index (χ2n) is 5.43. The molecule has 23 heavy (non-hydrogen) atoms. The molecule has 1 unspecified atom stereocenters. The minimum Gasteiger partial charge on any atom is -0.385 e. The van der Waals surface area contributed by atoms with Crippen molar-refractivity contribution in [2.45, 2.75) is 25.9 Å². The molecule has 0 fully saturated rings. The minimum atomic E-state index is -0.652. The van der Waals surface area contributed by atoms with E-state index in [0.29, 0.717) is 24.4 Å². The second kappa shape index (κ2) is 6.58. The molecule has 3 N–H and O–H groups in total. The number of hydrogen-bond donors (Lipinski definition) is 3. The molecule has 0 saturated heterocycles. The zero-order valence-electron chi connectivity index (χ0n) is 12.8. The molecular formula is C17H18N4O2. The Bertz CT molecular complexity index is 812. The summed E-state index contributed by atoms with van der Waals surface area (Å²) < 4.78 is 0. The molecule has 0 aliphatic heterocycles. The van der Waals surface area contributed by atoms with Crippen LogP contribution in [0.3, 0.4) is 0 Å². The number of H-pyrrole nitrogens is 1. The Morgan fingerprint density at radius 1 is 1.30 bits per heavy atom. The molecule has 6 nitrogen and oxygen atoms in total. The highest BCUT2D eigenvalue weighted by Crippen LogP contribution is 2.20. The lowest BCUT2D eigenvalue weighted by Gasteiger charge is -2.05. The molecular weight excluding hydrogens is 292 g/mol. The average molecular weight is 310 g/mol. The number of amides is 1.